The van der Waals surface area contributed by atoms with Crippen molar-refractivity contribution in [2.45, 2.75) is 71.7 Å². The predicted molar refractivity (Wildman–Crippen MR) is 158 cm³/mol. The molecule has 226 valence electrons. The van der Waals surface area contributed by atoms with E-state index in [-0.39, 0.29) is 18.4 Å². The maximum absolute atomic E-state index is 13.6. The van der Waals surface area contributed by atoms with Gasteiger partial charge in [0.1, 0.15) is 24.2 Å². The minimum atomic E-state index is -1.10. The second-order valence-corrected chi connectivity index (χ2v) is 11.7. The lowest BCUT2D eigenvalue weighted by Gasteiger charge is -2.35. The standard InChI is InChI=1S/C31H41N5O6/c1-18(2)26-27(37)32-19(3)28(38)36-15-7-8-24(35-36)29(39)42-20(4)23-12-11-22-10-9-21(16-25(22)33-23)13-14-31(5,17-41-6)30(40)34-26/h9-14,16,18-20,24,26,35H,7-8,15,17H2,1-6H3,(H,32,37)(H,34,40)/b14-13+/t19-,20+,24?,26?,31+/m0/s1. The van der Waals surface area contributed by atoms with E-state index >= 15 is 0 Å². The fourth-order valence-corrected chi connectivity index (χ4v) is 5.12. The third-order valence-corrected chi connectivity index (χ3v) is 7.76. The summed E-state index contributed by atoms with van der Waals surface area (Å²) in [6.45, 7) is 9.17. The van der Waals surface area contributed by atoms with Crippen LogP contribution in [-0.2, 0) is 28.7 Å². The Hall–Kier alpha value is -3.83. The lowest BCUT2D eigenvalue weighted by Crippen LogP contribution is -2.61. The molecule has 1 fully saturated rings. The van der Waals surface area contributed by atoms with Crippen molar-refractivity contribution in [1.29, 1.82) is 0 Å². The molecule has 0 aliphatic carbocycles. The van der Waals surface area contributed by atoms with Gasteiger partial charge in [0.2, 0.25) is 11.8 Å². The average Bonchev–Trinajstić information content (AvgIpc) is 2.97. The molecular weight excluding hydrogens is 538 g/mol. The molecule has 1 aromatic heterocycles. The number of nitrogens with one attached hydrogen (secondary N) is 3. The number of carbonyl (C=O) groups is 4. The molecule has 1 aromatic carbocycles. The van der Waals surface area contributed by atoms with E-state index in [1.165, 1.54) is 12.1 Å². The normalized spacial score (nSPS) is 28.8. The summed E-state index contributed by atoms with van der Waals surface area (Å²) < 4.78 is 11.2. The van der Waals surface area contributed by atoms with E-state index in [0.717, 1.165) is 10.9 Å². The highest BCUT2D eigenvalue weighted by Crippen LogP contribution is 2.25. The Balaban J connectivity index is 1.74. The maximum Gasteiger partial charge on any atom is 0.325 e. The summed E-state index contributed by atoms with van der Waals surface area (Å²) in [6, 6.07) is 6.98. The number of ether oxygens (including phenoxy) is 2. The number of nitrogens with zero attached hydrogens (tertiary/aromatic N) is 2. The third kappa shape index (κ3) is 6.96. The van der Waals surface area contributed by atoms with E-state index in [0.29, 0.717) is 30.6 Å². The molecule has 3 N–H and O–H groups in total. The average molecular weight is 580 g/mol. The van der Waals surface area contributed by atoms with E-state index in [1.54, 1.807) is 26.8 Å². The van der Waals surface area contributed by atoms with Crippen molar-refractivity contribution >= 4 is 40.7 Å². The third-order valence-electron chi connectivity index (χ3n) is 7.76. The number of esters is 1. The molecule has 0 spiro atoms. The van der Waals surface area contributed by atoms with Crippen molar-refractivity contribution < 1.29 is 28.7 Å². The minimum Gasteiger partial charge on any atom is -0.455 e. The smallest absolute Gasteiger partial charge is 0.325 e. The fourth-order valence-electron chi connectivity index (χ4n) is 5.12. The molecule has 3 amide bonds. The first-order valence-corrected chi connectivity index (χ1v) is 14.4. The van der Waals surface area contributed by atoms with Crippen LogP contribution in [0.3, 0.4) is 0 Å². The Bertz CT molecular complexity index is 1380. The minimum absolute atomic E-state index is 0.0807. The van der Waals surface area contributed by atoms with Crippen LogP contribution in [0.4, 0.5) is 0 Å². The molecule has 2 aliphatic rings. The summed E-state index contributed by atoms with van der Waals surface area (Å²) in [5, 5.41) is 7.88. The first-order chi connectivity index (χ1) is 19.9. The molecule has 2 aromatic rings. The summed E-state index contributed by atoms with van der Waals surface area (Å²) in [4.78, 5) is 58.0. The second kappa shape index (κ2) is 13.0. The summed E-state index contributed by atoms with van der Waals surface area (Å²) in [7, 11) is 1.51. The monoisotopic (exact) mass is 579 g/mol. The molecule has 1 saturated heterocycles. The number of hydrogen-bond donors (Lipinski definition) is 3. The Morgan fingerprint density at radius 3 is 2.57 bits per heavy atom. The number of hydrogen-bond acceptors (Lipinski definition) is 8. The van der Waals surface area contributed by atoms with Gasteiger partial charge in [-0.1, -0.05) is 44.2 Å². The molecule has 4 rings (SSSR count). The van der Waals surface area contributed by atoms with Crippen LogP contribution in [-0.4, -0.2) is 72.1 Å². The first kappa shape index (κ1) is 31.1. The van der Waals surface area contributed by atoms with Crippen LogP contribution in [0.2, 0.25) is 0 Å². The Morgan fingerprint density at radius 1 is 1.12 bits per heavy atom. The number of hydrazine groups is 1. The highest BCUT2D eigenvalue weighted by atomic mass is 16.5. The van der Waals surface area contributed by atoms with Crippen LogP contribution >= 0.6 is 0 Å². The van der Waals surface area contributed by atoms with Gasteiger partial charge in [0.05, 0.1) is 23.2 Å². The zero-order valence-corrected chi connectivity index (χ0v) is 25.1. The van der Waals surface area contributed by atoms with Crippen LogP contribution in [0.5, 0.6) is 0 Å². The molecule has 5 atom stereocenters. The van der Waals surface area contributed by atoms with Crippen LogP contribution < -0.4 is 16.1 Å². The van der Waals surface area contributed by atoms with Crippen molar-refractivity contribution in [3.8, 4) is 0 Å². The molecule has 5 bridgehead atoms. The van der Waals surface area contributed by atoms with E-state index in [2.05, 4.69) is 16.1 Å². The molecule has 3 heterocycles. The van der Waals surface area contributed by atoms with Gasteiger partial charge in [-0.2, -0.15) is 0 Å². The van der Waals surface area contributed by atoms with Gasteiger partial charge in [0.15, 0.2) is 0 Å². The Kier molecular flexibility index (Phi) is 9.63. The first-order valence-electron chi connectivity index (χ1n) is 14.4. The van der Waals surface area contributed by atoms with Gasteiger partial charge in [0.25, 0.3) is 5.91 Å². The molecule has 42 heavy (non-hydrogen) atoms. The number of aromatic nitrogens is 1. The molecule has 11 nitrogen and oxygen atoms in total. The van der Waals surface area contributed by atoms with Gasteiger partial charge in [-0.15, -0.1) is 0 Å². The van der Waals surface area contributed by atoms with Crippen molar-refractivity contribution in [1.82, 2.24) is 26.1 Å². The quantitative estimate of drug-likeness (QED) is 0.472. The van der Waals surface area contributed by atoms with Crippen LogP contribution in [0.15, 0.2) is 36.4 Å². The highest BCUT2D eigenvalue weighted by molar-refractivity contribution is 5.94. The number of cyclic esters (lactones) is 1. The Morgan fingerprint density at radius 2 is 1.86 bits per heavy atom. The number of carbonyl (C=O) groups excluding carboxylic acids is 4. The van der Waals surface area contributed by atoms with Crippen molar-refractivity contribution in [3.63, 3.8) is 0 Å². The summed E-state index contributed by atoms with van der Waals surface area (Å²) in [6.07, 6.45) is 4.04. The summed E-state index contributed by atoms with van der Waals surface area (Å²) in [5.41, 5.74) is 3.99. The van der Waals surface area contributed by atoms with E-state index in [1.807, 2.05) is 50.3 Å². The molecule has 11 heteroatoms. The number of pyridine rings is 1. The van der Waals surface area contributed by atoms with Gasteiger partial charge < -0.3 is 20.1 Å². The lowest BCUT2D eigenvalue weighted by molar-refractivity contribution is -0.157. The number of fused-ring (bicyclic) bond motifs is 4. The number of methoxy groups -OCH3 is 1. The number of benzene rings is 1. The SMILES string of the molecule is COC[C@@]1(C)/C=C/c2ccc3ccc(nc3c2)[C@@H](C)OC(=O)C2CCCN(N2)C(=O)[C@H](C)NC(=O)C(C(C)C)NC1=O. The van der Waals surface area contributed by atoms with Crippen molar-refractivity contribution in [2.24, 2.45) is 11.3 Å². The maximum atomic E-state index is 13.6. The number of amides is 3. The largest absolute Gasteiger partial charge is 0.455 e. The second-order valence-electron chi connectivity index (χ2n) is 11.7. The Labute approximate surface area is 246 Å². The van der Waals surface area contributed by atoms with Gasteiger partial charge >= 0.3 is 5.97 Å². The van der Waals surface area contributed by atoms with E-state index in [4.69, 9.17) is 14.5 Å². The van der Waals surface area contributed by atoms with Crippen LogP contribution in [0, 0.1) is 11.3 Å². The fraction of sp³-hybridized carbons (Fsp3) is 0.516. The summed E-state index contributed by atoms with van der Waals surface area (Å²) >= 11 is 0. The van der Waals surface area contributed by atoms with Gasteiger partial charge in [0, 0.05) is 19.0 Å². The molecule has 0 radical (unpaired) electrons. The zero-order valence-electron chi connectivity index (χ0n) is 25.1. The van der Waals surface area contributed by atoms with Gasteiger partial charge in [-0.05, 0) is 57.2 Å². The highest BCUT2D eigenvalue weighted by Gasteiger charge is 2.37. The molecule has 2 aliphatic heterocycles. The number of rotatable bonds is 3. The van der Waals surface area contributed by atoms with Gasteiger partial charge in [-0.3, -0.25) is 24.2 Å². The predicted octanol–water partition coefficient (Wildman–Crippen LogP) is 2.66. The molecule has 2 unspecified atom stereocenters. The van der Waals surface area contributed by atoms with Crippen LogP contribution in [0.25, 0.3) is 17.0 Å². The van der Waals surface area contributed by atoms with Crippen molar-refractivity contribution in [3.05, 3.63) is 47.7 Å². The lowest BCUT2D eigenvalue weighted by atomic mass is 9.88. The summed E-state index contributed by atoms with van der Waals surface area (Å²) in [5.74, 6) is -2.01. The van der Waals surface area contributed by atoms with Crippen LogP contribution in [0.1, 0.15) is 64.8 Å². The molecule has 0 saturated carbocycles. The zero-order chi connectivity index (χ0) is 30.6. The van der Waals surface area contributed by atoms with E-state index < -0.39 is 47.4 Å². The van der Waals surface area contributed by atoms with E-state index in [9.17, 15) is 19.2 Å². The van der Waals surface area contributed by atoms with Crippen molar-refractivity contribution in [2.75, 3.05) is 20.3 Å². The topological polar surface area (TPSA) is 139 Å². The van der Waals surface area contributed by atoms with Gasteiger partial charge in [-0.25, -0.2) is 10.4 Å². The molecular formula is C31H41N5O6.